The molecule has 1 saturated heterocycles. The Morgan fingerprint density at radius 1 is 1.25 bits per heavy atom. The molecule has 1 fully saturated rings. The minimum atomic E-state index is -1.55. The number of rotatable bonds is 3. The number of benzene rings is 1. The monoisotopic (exact) mass is 305 g/mol. The highest BCUT2D eigenvalue weighted by molar-refractivity contribution is 7.99. The third-order valence-corrected chi connectivity index (χ3v) is 4.21. The molecule has 0 aromatic heterocycles. The van der Waals surface area contributed by atoms with Crippen molar-refractivity contribution in [1.29, 1.82) is 0 Å². The molecule has 0 saturated carbocycles. The highest BCUT2D eigenvalue weighted by Crippen LogP contribution is 2.29. The van der Waals surface area contributed by atoms with Crippen LogP contribution in [0.3, 0.4) is 0 Å². The van der Waals surface area contributed by atoms with Crippen LogP contribution >= 0.6 is 11.8 Å². The summed E-state index contributed by atoms with van der Waals surface area (Å²) in [5.41, 5.74) is -2.53. The van der Waals surface area contributed by atoms with Gasteiger partial charge in [-0.1, -0.05) is 0 Å². The molecule has 8 heteroatoms. The molecular formula is C12H10F3NO3S. The summed E-state index contributed by atoms with van der Waals surface area (Å²) in [7, 11) is 0. The van der Waals surface area contributed by atoms with Crippen molar-refractivity contribution in [3.63, 3.8) is 0 Å². The van der Waals surface area contributed by atoms with Gasteiger partial charge >= 0.3 is 5.97 Å². The van der Waals surface area contributed by atoms with Gasteiger partial charge < -0.3 is 10.4 Å². The van der Waals surface area contributed by atoms with Gasteiger partial charge in [-0.3, -0.25) is 4.79 Å². The van der Waals surface area contributed by atoms with Crippen LogP contribution in [0.1, 0.15) is 16.8 Å². The Kier molecular flexibility index (Phi) is 3.94. The number of aliphatic carboxylic acids is 1. The molecule has 1 amide bonds. The smallest absolute Gasteiger partial charge is 0.330 e. The number of nitrogens with one attached hydrogen (secondary N) is 1. The standard InChI is InChI=1S/C12H10F3NO3S/c13-6-3-7(14)9(8(15)4-6)10(17)16-12(11(18)19)1-2-20-5-12/h3-4H,1-2,5H2,(H,16,17)(H,18,19). The molecule has 0 bridgehead atoms. The summed E-state index contributed by atoms with van der Waals surface area (Å²) in [5.74, 6) is -5.73. The van der Waals surface area contributed by atoms with Crippen molar-refractivity contribution >= 4 is 23.6 Å². The van der Waals surface area contributed by atoms with Gasteiger partial charge in [-0.05, 0) is 12.2 Å². The fourth-order valence-electron chi connectivity index (χ4n) is 1.92. The first-order chi connectivity index (χ1) is 9.35. The van der Waals surface area contributed by atoms with Gasteiger partial charge in [-0.15, -0.1) is 0 Å². The van der Waals surface area contributed by atoms with Gasteiger partial charge in [0.15, 0.2) is 0 Å². The third kappa shape index (κ3) is 2.60. The van der Waals surface area contributed by atoms with Gasteiger partial charge in [0.2, 0.25) is 0 Å². The molecule has 20 heavy (non-hydrogen) atoms. The van der Waals surface area contributed by atoms with E-state index in [1.807, 2.05) is 0 Å². The number of thioether (sulfide) groups is 1. The third-order valence-electron chi connectivity index (χ3n) is 3.02. The molecule has 0 spiro atoms. The molecule has 4 nitrogen and oxygen atoms in total. The van der Waals surface area contributed by atoms with Crippen LogP contribution in [0.15, 0.2) is 12.1 Å². The van der Waals surface area contributed by atoms with Gasteiger partial charge in [0.05, 0.1) is 0 Å². The second-order valence-corrected chi connectivity index (χ2v) is 5.49. The number of halogens is 3. The molecule has 108 valence electrons. The van der Waals surface area contributed by atoms with Crippen LogP contribution in [0.25, 0.3) is 0 Å². The Labute approximate surface area is 116 Å². The largest absolute Gasteiger partial charge is 0.479 e. The van der Waals surface area contributed by atoms with Crippen molar-refractivity contribution in [1.82, 2.24) is 5.32 Å². The quantitative estimate of drug-likeness (QED) is 0.893. The van der Waals surface area contributed by atoms with Crippen LogP contribution in [0, 0.1) is 17.5 Å². The summed E-state index contributed by atoms with van der Waals surface area (Å²) < 4.78 is 39.7. The molecule has 2 rings (SSSR count). The number of amides is 1. The van der Waals surface area contributed by atoms with E-state index < -0.39 is 40.4 Å². The number of hydrogen-bond donors (Lipinski definition) is 2. The first kappa shape index (κ1) is 14.7. The van der Waals surface area contributed by atoms with Crippen LogP contribution in [-0.2, 0) is 4.79 Å². The first-order valence-electron chi connectivity index (χ1n) is 5.64. The maximum atomic E-state index is 13.5. The normalized spacial score (nSPS) is 21.8. The lowest BCUT2D eigenvalue weighted by Gasteiger charge is -2.24. The predicted octanol–water partition coefficient (Wildman–Crippen LogP) is 1.79. The minimum Gasteiger partial charge on any atom is -0.479 e. The zero-order chi connectivity index (χ0) is 14.9. The summed E-state index contributed by atoms with van der Waals surface area (Å²) in [6.07, 6.45) is 0.156. The summed E-state index contributed by atoms with van der Waals surface area (Å²) in [6.45, 7) is 0. The Bertz CT molecular complexity index is 550. The van der Waals surface area contributed by atoms with Crippen molar-refractivity contribution < 1.29 is 27.9 Å². The van der Waals surface area contributed by atoms with E-state index in [1.165, 1.54) is 11.8 Å². The number of carboxylic acid groups (broad SMARTS) is 1. The van der Waals surface area contributed by atoms with E-state index in [2.05, 4.69) is 5.32 Å². The van der Waals surface area contributed by atoms with E-state index in [0.29, 0.717) is 17.9 Å². The summed E-state index contributed by atoms with van der Waals surface area (Å²) in [4.78, 5) is 23.1. The van der Waals surface area contributed by atoms with Crippen molar-refractivity contribution in [3.8, 4) is 0 Å². The Balaban J connectivity index is 2.31. The van der Waals surface area contributed by atoms with E-state index in [4.69, 9.17) is 5.11 Å². The molecule has 1 aliphatic heterocycles. The lowest BCUT2D eigenvalue weighted by Crippen LogP contribution is -2.55. The lowest BCUT2D eigenvalue weighted by molar-refractivity contribution is -0.143. The van der Waals surface area contributed by atoms with Gasteiger partial charge in [-0.25, -0.2) is 18.0 Å². The fraction of sp³-hybridized carbons (Fsp3) is 0.333. The van der Waals surface area contributed by atoms with Crippen LogP contribution in [0.2, 0.25) is 0 Å². The van der Waals surface area contributed by atoms with E-state index >= 15 is 0 Å². The molecule has 1 atom stereocenters. The highest BCUT2D eigenvalue weighted by atomic mass is 32.2. The SMILES string of the molecule is O=C(NC1(C(=O)O)CCSC1)c1c(F)cc(F)cc1F. The maximum Gasteiger partial charge on any atom is 0.330 e. The zero-order valence-electron chi connectivity index (χ0n) is 10.1. The van der Waals surface area contributed by atoms with Gasteiger partial charge in [-0.2, -0.15) is 11.8 Å². The van der Waals surface area contributed by atoms with Gasteiger partial charge in [0.1, 0.15) is 28.6 Å². The van der Waals surface area contributed by atoms with Crippen LogP contribution in [0.5, 0.6) is 0 Å². The summed E-state index contributed by atoms with van der Waals surface area (Å²) >= 11 is 1.31. The molecule has 1 aromatic rings. The predicted molar refractivity (Wildman–Crippen MR) is 66.1 cm³/mol. The summed E-state index contributed by atoms with van der Waals surface area (Å²) in [6, 6.07) is 0.740. The van der Waals surface area contributed by atoms with Gasteiger partial charge in [0.25, 0.3) is 5.91 Å². The highest BCUT2D eigenvalue weighted by Gasteiger charge is 2.44. The molecule has 1 heterocycles. The fourth-order valence-corrected chi connectivity index (χ4v) is 3.25. The van der Waals surface area contributed by atoms with Crippen molar-refractivity contribution in [2.75, 3.05) is 11.5 Å². The van der Waals surface area contributed by atoms with Crippen molar-refractivity contribution in [2.24, 2.45) is 0 Å². The second kappa shape index (κ2) is 5.35. The number of carbonyl (C=O) groups is 2. The van der Waals surface area contributed by atoms with Gasteiger partial charge in [0, 0.05) is 17.9 Å². The van der Waals surface area contributed by atoms with Crippen molar-refractivity contribution in [3.05, 3.63) is 35.1 Å². The molecule has 2 N–H and O–H groups in total. The number of carboxylic acids is 1. The number of carbonyl (C=O) groups excluding carboxylic acids is 1. The molecule has 1 aliphatic rings. The molecule has 1 aromatic carbocycles. The maximum absolute atomic E-state index is 13.5. The van der Waals surface area contributed by atoms with E-state index in [-0.39, 0.29) is 12.2 Å². The Morgan fingerprint density at radius 3 is 2.30 bits per heavy atom. The zero-order valence-corrected chi connectivity index (χ0v) is 10.9. The van der Waals surface area contributed by atoms with Crippen LogP contribution < -0.4 is 5.32 Å². The number of hydrogen-bond acceptors (Lipinski definition) is 3. The topological polar surface area (TPSA) is 66.4 Å². The summed E-state index contributed by atoms with van der Waals surface area (Å²) in [5, 5.41) is 11.3. The van der Waals surface area contributed by atoms with E-state index in [0.717, 1.165) is 0 Å². The second-order valence-electron chi connectivity index (χ2n) is 4.39. The average molecular weight is 305 g/mol. The average Bonchev–Trinajstić information content (AvgIpc) is 2.77. The molecule has 1 unspecified atom stereocenters. The van der Waals surface area contributed by atoms with Crippen molar-refractivity contribution in [2.45, 2.75) is 12.0 Å². The molecule has 0 radical (unpaired) electrons. The van der Waals surface area contributed by atoms with Crippen LogP contribution in [0.4, 0.5) is 13.2 Å². The van der Waals surface area contributed by atoms with E-state index in [9.17, 15) is 22.8 Å². The Hall–Kier alpha value is -1.70. The first-order valence-corrected chi connectivity index (χ1v) is 6.79. The lowest BCUT2D eigenvalue weighted by atomic mass is 9.98. The molecular weight excluding hydrogens is 295 g/mol. The molecule has 0 aliphatic carbocycles. The van der Waals surface area contributed by atoms with Crippen LogP contribution in [-0.4, -0.2) is 34.0 Å². The minimum absolute atomic E-state index is 0.110. The Morgan fingerprint density at radius 2 is 1.85 bits per heavy atom. The van der Waals surface area contributed by atoms with E-state index in [1.54, 1.807) is 0 Å².